The fourth-order valence-corrected chi connectivity index (χ4v) is 8.51. The molecule has 0 aliphatic heterocycles. The van der Waals surface area contributed by atoms with Crippen molar-refractivity contribution in [2.75, 3.05) is 0 Å². The minimum atomic E-state index is -1.17. The van der Waals surface area contributed by atoms with Crippen molar-refractivity contribution in [2.45, 2.75) is 129 Å². The highest BCUT2D eigenvalue weighted by Crippen LogP contribution is 2.66. The molecule has 0 saturated heterocycles. The van der Waals surface area contributed by atoms with Crippen molar-refractivity contribution >= 4 is 0 Å². The second-order valence-corrected chi connectivity index (χ2v) is 12.8. The number of rotatable bonds is 5. The van der Waals surface area contributed by atoms with Gasteiger partial charge in [0.1, 0.15) is 0 Å². The van der Waals surface area contributed by atoms with Gasteiger partial charge in [-0.25, -0.2) is 0 Å². The van der Waals surface area contributed by atoms with E-state index in [1.54, 1.807) is 5.57 Å². The van der Waals surface area contributed by atoms with Crippen LogP contribution in [0, 0.1) is 28.6 Å². The second kappa shape index (κ2) is 7.82. The summed E-state index contributed by atoms with van der Waals surface area (Å²) in [4.78, 5) is 0. The van der Waals surface area contributed by atoms with Crippen LogP contribution in [0.3, 0.4) is 0 Å². The molecule has 4 aliphatic rings. The van der Waals surface area contributed by atoms with Crippen molar-refractivity contribution < 1.29 is 20.4 Å². The molecule has 0 amide bonds. The molecule has 0 radical (unpaired) electrons. The Bertz CT molecular complexity index is 723. The lowest BCUT2D eigenvalue weighted by atomic mass is 9.46. The van der Waals surface area contributed by atoms with Crippen LogP contribution >= 0.6 is 0 Å². The molecule has 4 N–H and O–H groups in total. The summed E-state index contributed by atoms with van der Waals surface area (Å²) in [5.74, 6) is 1.63. The molecule has 0 spiro atoms. The Morgan fingerprint density at radius 1 is 1.10 bits per heavy atom. The first kappa shape index (κ1) is 23.7. The monoisotopic (exact) mass is 434 g/mol. The minimum absolute atomic E-state index is 0.208. The van der Waals surface area contributed by atoms with E-state index in [0.717, 1.165) is 44.9 Å². The maximum Gasteiger partial charge on any atom is 0.0991 e. The van der Waals surface area contributed by atoms with Gasteiger partial charge in [0, 0.05) is 11.8 Å². The van der Waals surface area contributed by atoms with E-state index in [2.05, 4.69) is 20.8 Å². The molecule has 0 heterocycles. The third-order valence-electron chi connectivity index (χ3n) is 10.4. The van der Waals surface area contributed by atoms with Crippen LogP contribution in [-0.2, 0) is 0 Å². The molecule has 0 bridgehead atoms. The first-order valence-corrected chi connectivity index (χ1v) is 12.8. The van der Waals surface area contributed by atoms with E-state index in [1.165, 1.54) is 18.4 Å². The van der Waals surface area contributed by atoms with Crippen molar-refractivity contribution in [3.05, 3.63) is 11.1 Å². The predicted octanol–water partition coefficient (Wildman–Crippen LogP) is 4.73. The van der Waals surface area contributed by atoms with Crippen LogP contribution in [0.5, 0.6) is 0 Å². The molecule has 4 rings (SSSR count). The quantitative estimate of drug-likeness (QED) is 0.472. The Morgan fingerprint density at radius 2 is 1.81 bits per heavy atom. The average Bonchev–Trinajstić information content (AvgIpc) is 3.01. The van der Waals surface area contributed by atoms with Gasteiger partial charge in [-0.3, -0.25) is 0 Å². The van der Waals surface area contributed by atoms with Gasteiger partial charge in [-0.1, -0.05) is 44.8 Å². The van der Waals surface area contributed by atoms with Crippen LogP contribution in [0.4, 0.5) is 0 Å². The van der Waals surface area contributed by atoms with E-state index >= 15 is 0 Å². The van der Waals surface area contributed by atoms with Gasteiger partial charge in [0.25, 0.3) is 0 Å². The molecule has 0 aromatic carbocycles. The van der Waals surface area contributed by atoms with Gasteiger partial charge >= 0.3 is 0 Å². The van der Waals surface area contributed by atoms with E-state index in [9.17, 15) is 20.4 Å². The molecule has 31 heavy (non-hydrogen) atoms. The van der Waals surface area contributed by atoms with Crippen LogP contribution in [0.2, 0.25) is 0 Å². The Balaban J connectivity index is 1.59. The van der Waals surface area contributed by atoms with Crippen molar-refractivity contribution in [1.29, 1.82) is 0 Å². The minimum Gasteiger partial charge on any atom is -0.393 e. The van der Waals surface area contributed by atoms with Crippen LogP contribution in [0.25, 0.3) is 0 Å². The summed E-state index contributed by atoms with van der Waals surface area (Å²) in [5.41, 5.74) is 1.16. The van der Waals surface area contributed by atoms with E-state index in [0.29, 0.717) is 30.6 Å². The zero-order valence-corrected chi connectivity index (χ0v) is 20.5. The van der Waals surface area contributed by atoms with Gasteiger partial charge in [0.15, 0.2) is 0 Å². The van der Waals surface area contributed by atoms with Gasteiger partial charge < -0.3 is 20.4 Å². The molecular weight excluding hydrogens is 388 g/mol. The third kappa shape index (κ3) is 3.74. The summed E-state index contributed by atoms with van der Waals surface area (Å²) in [6, 6.07) is 0. The van der Waals surface area contributed by atoms with E-state index < -0.39 is 23.4 Å². The van der Waals surface area contributed by atoms with Gasteiger partial charge in [-0.15, -0.1) is 0 Å². The van der Waals surface area contributed by atoms with Crippen molar-refractivity contribution in [1.82, 2.24) is 0 Å². The van der Waals surface area contributed by atoms with Crippen molar-refractivity contribution in [3.8, 4) is 0 Å². The summed E-state index contributed by atoms with van der Waals surface area (Å²) in [7, 11) is 0. The number of hydrogen-bond acceptors (Lipinski definition) is 4. The van der Waals surface area contributed by atoms with Gasteiger partial charge in [0.05, 0.1) is 23.4 Å². The van der Waals surface area contributed by atoms with Crippen LogP contribution < -0.4 is 0 Å². The normalized spacial score (nSPS) is 46.4. The molecule has 4 aliphatic carbocycles. The molecule has 4 nitrogen and oxygen atoms in total. The Morgan fingerprint density at radius 3 is 2.48 bits per heavy atom. The van der Waals surface area contributed by atoms with Crippen LogP contribution in [0.15, 0.2) is 11.1 Å². The summed E-state index contributed by atoms with van der Waals surface area (Å²) in [5, 5.41) is 43.0. The molecule has 0 unspecified atom stereocenters. The third-order valence-corrected chi connectivity index (χ3v) is 10.4. The lowest BCUT2D eigenvalue weighted by molar-refractivity contribution is -0.225. The first-order valence-electron chi connectivity index (χ1n) is 12.8. The summed E-state index contributed by atoms with van der Waals surface area (Å²) < 4.78 is 0. The summed E-state index contributed by atoms with van der Waals surface area (Å²) >= 11 is 0. The average molecular weight is 435 g/mol. The SMILES string of the molecule is C[C@H](CCCC(C)(C)O)[C@H]1CCC2=C3C[C@H](O)[C@@]4(O)C[C@@H](O)CC[C@]4(C)[C@H]3CC[C@@]21C. The Kier molecular flexibility index (Phi) is 5.99. The van der Waals surface area contributed by atoms with E-state index in [4.69, 9.17) is 0 Å². The molecule has 8 atom stereocenters. The fourth-order valence-electron chi connectivity index (χ4n) is 8.51. The zero-order chi connectivity index (χ0) is 22.8. The zero-order valence-electron chi connectivity index (χ0n) is 20.5. The molecule has 0 aromatic heterocycles. The highest BCUT2D eigenvalue weighted by atomic mass is 16.3. The molecule has 4 heteroatoms. The summed E-state index contributed by atoms with van der Waals surface area (Å²) in [6.07, 6.45) is 8.81. The molecular formula is C27H46O4. The summed E-state index contributed by atoms with van der Waals surface area (Å²) in [6.45, 7) is 10.9. The molecule has 178 valence electrons. The highest BCUT2D eigenvalue weighted by molar-refractivity contribution is 5.37. The van der Waals surface area contributed by atoms with E-state index in [-0.39, 0.29) is 10.8 Å². The maximum absolute atomic E-state index is 11.6. The second-order valence-electron chi connectivity index (χ2n) is 12.8. The number of hydrogen-bond donors (Lipinski definition) is 4. The van der Waals surface area contributed by atoms with E-state index in [1.807, 2.05) is 13.8 Å². The number of aliphatic hydroxyl groups excluding tert-OH is 2. The first-order chi connectivity index (χ1) is 14.3. The largest absolute Gasteiger partial charge is 0.393 e. The van der Waals surface area contributed by atoms with Gasteiger partial charge in [-0.05, 0) is 88.4 Å². The number of aliphatic hydroxyl groups is 4. The smallest absolute Gasteiger partial charge is 0.0991 e. The molecule has 0 aromatic rings. The maximum atomic E-state index is 11.6. The Labute approximate surface area is 189 Å². The lowest BCUT2D eigenvalue weighted by Gasteiger charge is -2.62. The van der Waals surface area contributed by atoms with Crippen LogP contribution in [0.1, 0.15) is 105 Å². The molecule has 3 fully saturated rings. The molecule has 3 saturated carbocycles. The van der Waals surface area contributed by atoms with Gasteiger partial charge in [0.2, 0.25) is 0 Å². The van der Waals surface area contributed by atoms with Crippen molar-refractivity contribution in [2.24, 2.45) is 28.6 Å². The lowest BCUT2D eigenvalue weighted by Crippen LogP contribution is -2.66. The van der Waals surface area contributed by atoms with Crippen molar-refractivity contribution in [3.63, 3.8) is 0 Å². The highest BCUT2D eigenvalue weighted by Gasteiger charge is 2.64. The fraction of sp³-hybridized carbons (Fsp3) is 0.926. The van der Waals surface area contributed by atoms with Crippen LogP contribution in [-0.4, -0.2) is 43.8 Å². The number of fused-ring (bicyclic) bond motifs is 4. The Hall–Kier alpha value is -0.420. The topological polar surface area (TPSA) is 80.9 Å². The predicted molar refractivity (Wildman–Crippen MR) is 123 cm³/mol. The van der Waals surface area contributed by atoms with Gasteiger partial charge in [-0.2, -0.15) is 0 Å². The number of allylic oxidation sites excluding steroid dienone is 1. The standard InChI is InChI=1S/C27H46O4/c1-17(7-6-12-24(2,3)30)20-8-9-21-19-15-23(29)27(31)16-18(28)10-14-26(27,5)22(19)11-13-25(20,21)4/h17-18,20,22-23,28-31H,6-16H2,1-5H3/t17-,18+,20-,22+,23+,25-,26-,27+/m1/s1.